The zero-order valence-electron chi connectivity index (χ0n) is 12.1. The first-order chi connectivity index (χ1) is 9.60. The van der Waals surface area contributed by atoms with Crippen molar-refractivity contribution in [1.29, 1.82) is 0 Å². The molecular formula is C17H19NO2. The van der Waals surface area contributed by atoms with Crippen LogP contribution in [0.3, 0.4) is 0 Å². The monoisotopic (exact) mass is 269 g/mol. The van der Waals surface area contributed by atoms with Crippen molar-refractivity contribution in [2.75, 3.05) is 12.4 Å². The molecule has 0 fully saturated rings. The van der Waals surface area contributed by atoms with E-state index in [4.69, 9.17) is 4.74 Å². The van der Waals surface area contributed by atoms with Crippen LogP contribution in [0.5, 0.6) is 0 Å². The summed E-state index contributed by atoms with van der Waals surface area (Å²) in [6.07, 6.45) is 0. The maximum atomic E-state index is 12.2. The van der Waals surface area contributed by atoms with Crippen LogP contribution in [0.15, 0.2) is 42.5 Å². The lowest BCUT2D eigenvalue weighted by atomic mass is 10.1. The van der Waals surface area contributed by atoms with E-state index in [1.165, 1.54) is 5.56 Å². The topological polar surface area (TPSA) is 38.3 Å². The summed E-state index contributed by atoms with van der Waals surface area (Å²) in [5.41, 5.74) is 4.79. The molecule has 0 aliphatic heterocycles. The maximum Gasteiger partial charge on any atom is 0.255 e. The third-order valence-corrected chi connectivity index (χ3v) is 3.26. The fourth-order valence-corrected chi connectivity index (χ4v) is 1.99. The minimum absolute atomic E-state index is 0.0948. The molecule has 104 valence electrons. The summed E-state index contributed by atoms with van der Waals surface area (Å²) in [5.74, 6) is -0.0948. The molecule has 20 heavy (non-hydrogen) atoms. The van der Waals surface area contributed by atoms with Crippen LogP contribution in [-0.4, -0.2) is 13.0 Å². The summed E-state index contributed by atoms with van der Waals surface area (Å²) in [6, 6.07) is 13.4. The Balaban J connectivity index is 2.14. The van der Waals surface area contributed by atoms with Crippen LogP contribution >= 0.6 is 0 Å². The zero-order chi connectivity index (χ0) is 14.5. The van der Waals surface area contributed by atoms with Crippen molar-refractivity contribution in [2.45, 2.75) is 20.5 Å². The molecule has 0 aliphatic carbocycles. The van der Waals surface area contributed by atoms with Crippen LogP contribution in [0.4, 0.5) is 5.69 Å². The number of benzene rings is 2. The van der Waals surface area contributed by atoms with Gasteiger partial charge in [-0.15, -0.1) is 0 Å². The van der Waals surface area contributed by atoms with Crippen molar-refractivity contribution >= 4 is 11.6 Å². The molecule has 0 heterocycles. The lowest BCUT2D eigenvalue weighted by molar-refractivity contribution is 0.102. The van der Waals surface area contributed by atoms with E-state index >= 15 is 0 Å². The van der Waals surface area contributed by atoms with Crippen molar-refractivity contribution in [3.8, 4) is 0 Å². The summed E-state index contributed by atoms with van der Waals surface area (Å²) in [4.78, 5) is 12.2. The van der Waals surface area contributed by atoms with Gasteiger partial charge in [-0.25, -0.2) is 0 Å². The van der Waals surface area contributed by atoms with Gasteiger partial charge in [0.25, 0.3) is 5.91 Å². The average molecular weight is 269 g/mol. The van der Waals surface area contributed by atoms with Gasteiger partial charge in [0.05, 0.1) is 6.61 Å². The maximum absolute atomic E-state index is 12.2. The van der Waals surface area contributed by atoms with Gasteiger partial charge in [0.2, 0.25) is 0 Å². The second-order valence-electron chi connectivity index (χ2n) is 4.89. The van der Waals surface area contributed by atoms with E-state index in [1.54, 1.807) is 7.11 Å². The highest BCUT2D eigenvalue weighted by atomic mass is 16.5. The van der Waals surface area contributed by atoms with Crippen LogP contribution in [0.25, 0.3) is 0 Å². The lowest BCUT2D eigenvalue weighted by Crippen LogP contribution is -2.12. The first kappa shape index (κ1) is 14.3. The van der Waals surface area contributed by atoms with Gasteiger partial charge < -0.3 is 10.1 Å². The van der Waals surface area contributed by atoms with Crippen LogP contribution in [0.2, 0.25) is 0 Å². The number of hydrogen-bond acceptors (Lipinski definition) is 2. The number of nitrogens with one attached hydrogen (secondary N) is 1. The van der Waals surface area contributed by atoms with E-state index in [0.29, 0.717) is 12.2 Å². The molecule has 0 spiro atoms. The van der Waals surface area contributed by atoms with E-state index in [2.05, 4.69) is 5.32 Å². The average Bonchev–Trinajstić information content (AvgIpc) is 2.42. The largest absolute Gasteiger partial charge is 0.380 e. The van der Waals surface area contributed by atoms with Gasteiger partial charge in [0.15, 0.2) is 0 Å². The first-order valence-electron chi connectivity index (χ1n) is 6.56. The predicted octanol–water partition coefficient (Wildman–Crippen LogP) is 3.70. The number of hydrogen-bond donors (Lipinski definition) is 1. The number of ether oxygens (including phenoxy) is 1. The van der Waals surface area contributed by atoms with Gasteiger partial charge in [-0.05, 0) is 54.8 Å². The number of carbonyl (C=O) groups is 1. The number of rotatable bonds is 4. The highest BCUT2D eigenvalue weighted by molar-refractivity contribution is 6.04. The number of anilines is 1. The van der Waals surface area contributed by atoms with Crippen molar-refractivity contribution in [1.82, 2.24) is 0 Å². The van der Waals surface area contributed by atoms with Gasteiger partial charge in [-0.1, -0.05) is 18.2 Å². The number of amides is 1. The van der Waals surface area contributed by atoms with E-state index in [9.17, 15) is 4.79 Å². The van der Waals surface area contributed by atoms with Crippen molar-refractivity contribution in [2.24, 2.45) is 0 Å². The Labute approximate surface area is 119 Å². The molecule has 0 saturated heterocycles. The second-order valence-corrected chi connectivity index (χ2v) is 4.89. The van der Waals surface area contributed by atoms with Gasteiger partial charge in [0.1, 0.15) is 0 Å². The fraction of sp³-hybridized carbons (Fsp3) is 0.235. The van der Waals surface area contributed by atoms with Crippen LogP contribution in [-0.2, 0) is 11.3 Å². The number of methoxy groups -OCH3 is 1. The molecule has 2 rings (SSSR count). The molecule has 1 amide bonds. The molecule has 0 aliphatic rings. The molecule has 0 radical (unpaired) electrons. The summed E-state index contributed by atoms with van der Waals surface area (Å²) in [5, 5.41) is 2.91. The van der Waals surface area contributed by atoms with Crippen molar-refractivity contribution in [3.05, 3.63) is 64.7 Å². The Kier molecular flexibility index (Phi) is 4.53. The molecule has 0 bridgehead atoms. The zero-order valence-corrected chi connectivity index (χ0v) is 12.1. The third-order valence-electron chi connectivity index (χ3n) is 3.26. The standard InChI is InChI=1S/C17H19NO2/c1-12-7-8-15(9-13(12)2)17(19)18-16-6-4-5-14(10-16)11-20-3/h4-10H,11H2,1-3H3,(H,18,19). The van der Waals surface area contributed by atoms with Gasteiger partial charge in [0, 0.05) is 18.4 Å². The molecule has 0 aromatic heterocycles. The molecule has 0 unspecified atom stereocenters. The Morgan fingerprint density at radius 1 is 1.10 bits per heavy atom. The normalized spacial score (nSPS) is 10.3. The second kappa shape index (κ2) is 6.35. The lowest BCUT2D eigenvalue weighted by Gasteiger charge is -2.08. The smallest absolute Gasteiger partial charge is 0.255 e. The van der Waals surface area contributed by atoms with Gasteiger partial charge in [-0.2, -0.15) is 0 Å². The van der Waals surface area contributed by atoms with E-state index in [0.717, 1.165) is 16.8 Å². The predicted molar refractivity (Wildman–Crippen MR) is 81.0 cm³/mol. The third kappa shape index (κ3) is 3.45. The minimum atomic E-state index is -0.0948. The van der Waals surface area contributed by atoms with Crippen LogP contribution in [0, 0.1) is 13.8 Å². The highest BCUT2D eigenvalue weighted by Gasteiger charge is 2.07. The number of aryl methyl sites for hydroxylation is 2. The highest BCUT2D eigenvalue weighted by Crippen LogP contribution is 2.15. The molecule has 0 saturated carbocycles. The minimum Gasteiger partial charge on any atom is -0.380 e. The quantitative estimate of drug-likeness (QED) is 0.919. The molecule has 1 N–H and O–H groups in total. The molecular weight excluding hydrogens is 250 g/mol. The van der Waals surface area contributed by atoms with E-state index in [1.807, 2.05) is 56.3 Å². The molecule has 0 atom stereocenters. The van der Waals surface area contributed by atoms with Gasteiger partial charge in [-0.3, -0.25) is 4.79 Å². The molecule has 2 aromatic rings. The first-order valence-corrected chi connectivity index (χ1v) is 6.56. The Morgan fingerprint density at radius 3 is 2.60 bits per heavy atom. The number of carbonyl (C=O) groups excluding carboxylic acids is 1. The van der Waals surface area contributed by atoms with Gasteiger partial charge >= 0.3 is 0 Å². The Bertz CT molecular complexity index is 620. The summed E-state index contributed by atoms with van der Waals surface area (Å²) in [6.45, 7) is 4.57. The van der Waals surface area contributed by atoms with E-state index < -0.39 is 0 Å². The summed E-state index contributed by atoms with van der Waals surface area (Å²) in [7, 11) is 1.65. The molecule has 2 aromatic carbocycles. The Hall–Kier alpha value is -2.13. The molecule has 3 nitrogen and oxygen atoms in total. The SMILES string of the molecule is COCc1cccc(NC(=O)c2ccc(C)c(C)c2)c1. The van der Waals surface area contributed by atoms with E-state index in [-0.39, 0.29) is 5.91 Å². The van der Waals surface area contributed by atoms with Crippen molar-refractivity contribution in [3.63, 3.8) is 0 Å². The van der Waals surface area contributed by atoms with Crippen LogP contribution in [0.1, 0.15) is 27.0 Å². The fourth-order valence-electron chi connectivity index (χ4n) is 1.99. The summed E-state index contributed by atoms with van der Waals surface area (Å²) >= 11 is 0. The van der Waals surface area contributed by atoms with Crippen molar-refractivity contribution < 1.29 is 9.53 Å². The summed E-state index contributed by atoms with van der Waals surface area (Å²) < 4.78 is 5.09. The van der Waals surface area contributed by atoms with Crippen LogP contribution < -0.4 is 5.32 Å². The Morgan fingerprint density at radius 2 is 1.90 bits per heavy atom. The molecule has 3 heteroatoms.